The van der Waals surface area contributed by atoms with Crippen LogP contribution in [0.15, 0.2) is 64.3 Å². The van der Waals surface area contributed by atoms with Gasteiger partial charge >= 0.3 is 0 Å². The lowest BCUT2D eigenvalue weighted by atomic mass is 10.0. The maximum atomic E-state index is 14.4. The number of nitrogens with one attached hydrogen (secondary N) is 2. The largest absolute Gasteiger partial charge is 0.463 e. The van der Waals surface area contributed by atoms with E-state index in [0.717, 1.165) is 5.76 Å². The molecule has 3 aromatic rings. The number of rotatable bonds is 8. The van der Waals surface area contributed by atoms with Crippen molar-refractivity contribution in [3.05, 3.63) is 77.8 Å². The molecule has 0 amide bonds. The fourth-order valence-electron chi connectivity index (χ4n) is 2.84. The molecule has 0 saturated carbocycles. The fourth-order valence-corrected chi connectivity index (χ4v) is 2.84. The lowest BCUT2D eigenvalue weighted by Crippen LogP contribution is -2.44. The molecule has 3 N–H and O–H groups in total. The molecule has 1 aromatic carbocycles. The molecule has 1 atom stereocenters. The van der Waals surface area contributed by atoms with Crippen molar-refractivity contribution < 1.29 is 18.7 Å². The van der Waals surface area contributed by atoms with Crippen LogP contribution in [0.3, 0.4) is 0 Å². The number of aromatic nitrogens is 1. The van der Waals surface area contributed by atoms with Gasteiger partial charge in [-0.1, -0.05) is 6.07 Å². The van der Waals surface area contributed by atoms with Gasteiger partial charge in [0.25, 0.3) is 0 Å². The van der Waals surface area contributed by atoms with Gasteiger partial charge in [-0.05, 0) is 62.7 Å². The Kier molecular flexibility index (Phi) is 7.25. The Labute approximate surface area is 181 Å². The van der Waals surface area contributed by atoms with E-state index in [1.807, 2.05) is 13.8 Å². The molecule has 0 aliphatic heterocycles. The Morgan fingerprint density at radius 3 is 2.74 bits per heavy atom. The maximum Gasteiger partial charge on any atom is 0.191 e. The summed E-state index contributed by atoms with van der Waals surface area (Å²) in [4.78, 5) is 8.42. The lowest BCUT2D eigenvalue weighted by Gasteiger charge is -2.22. The number of ether oxygens (including phenoxy) is 1. The zero-order valence-electron chi connectivity index (χ0n) is 17.9. The number of hydrogen-bond donors (Lipinski definition) is 3. The van der Waals surface area contributed by atoms with Crippen LogP contribution in [0.1, 0.15) is 30.9 Å². The summed E-state index contributed by atoms with van der Waals surface area (Å²) in [5.41, 5.74) is -0.524. The number of furan rings is 1. The van der Waals surface area contributed by atoms with Gasteiger partial charge < -0.3 is 24.9 Å². The molecule has 1 unspecified atom stereocenters. The monoisotopic (exact) mass is 426 g/mol. The minimum atomic E-state index is -1.21. The Hall–Kier alpha value is -3.39. The van der Waals surface area contributed by atoms with Crippen molar-refractivity contribution in [3.63, 3.8) is 0 Å². The van der Waals surface area contributed by atoms with E-state index in [2.05, 4.69) is 20.6 Å². The quantitative estimate of drug-likeness (QED) is 0.374. The van der Waals surface area contributed by atoms with Gasteiger partial charge in [0.15, 0.2) is 17.5 Å². The highest BCUT2D eigenvalue weighted by Gasteiger charge is 2.27. The van der Waals surface area contributed by atoms with Crippen LogP contribution in [0.25, 0.3) is 0 Å². The molecule has 31 heavy (non-hydrogen) atoms. The number of nitrogens with zero attached hydrogens (tertiary/aromatic N) is 2. The summed E-state index contributed by atoms with van der Waals surface area (Å²) in [5, 5.41) is 16.9. The Balaban J connectivity index is 1.63. The second-order valence-corrected chi connectivity index (χ2v) is 7.29. The average molecular weight is 426 g/mol. The topological polar surface area (TPSA) is 91.9 Å². The van der Waals surface area contributed by atoms with Crippen molar-refractivity contribution in [2.24, 2.45) is 4.99 Å². The van der Waals surface area contributed by atoms with E-state index in [4.69, 9.17) is 9.15 Å². The molecule has 0 aliphatic carbocycles. The highest BCUT2D eigenvalue weighted by atomic mass is 19.1. The minimum Gasteiger partial charge on any atom is -0.463 e. The number of guanidine groups is 1. The number of halogens is 1. The van der Waals surface area contributed by atoms with E-state index in [0.29, 0.717) is 29.6 Å². The number of benzene rings is 1. The van der Waals surface area contributed by atoms with Crippen molar-refractivity contribution in [2.75, 3.05) is 13.1 Å². The lowest BCUT2D eigenvalue weighted by molar-refractivity contribution is 0.0378. The highest BCUT2D eigenvalue weighted by molar-refractivity contribution is 5.79. The van der Waals surface area contributed by atoms with E-state index in [1.165, 1.54) is 12.3 Å². The van der Waals surface area contributed by atoms with Gasteiger partial charge in [0.1, 0.15) is 22.9 Å². The molecule has 2 heterocycles. The number of aryl methyl sites for hydroxylation is 1. The van der Waals surface area contributed by atoms with Crippen LogP contribution in [0.5, 0.6) is 11.5 Å². The van der Waals surface area contributed by atoms with Crippen LogP contribution in [-0.4, -0.2) is 29.1 Å². The normalized spacial score (nSPS) is 13.5. The molecule has 0 spiro atoms. The molecule has 0 saturated heterocycles. The van der Waals surface area contributed by atoms with Crippen molar-refractivity contribution in [1.82, 2.24) is 15.6 Å². The third-order valence-corrected chi connectivity index (χ3v) is 4.49. The number of aliphatic imine (C=N–C) groups is 1. The van der Waals surface area contributed by atoms with Crippen LogP contribution >= 0.6 is 0 Å². The molecule has 0 radical (unpaired) electrons. The van der Waals surface area contributed by atoms with E-state index in [9.17, 15) is 9.50 Å². The van der Waals surface area contributed by atoms with Crippen LogP contribution in [0, 0.1) is 12.7 Å². The van der Waals surface area contributed by atoms with Gasteiger partial charge in [-0.25, -0.2) is 9.38 Å². The van der Waals surface area contributed by atoms with Crippen molar-refractivity contribution in [1.29, 1.82) is 0 Å². The summed E-state index contributed by atoms with van der Waals surface area (Å²) in [5.74, 6) is 1.81. The minimum absolute atomic E-state index is 0.121. The van der Waals surface area contributed by atoms with E-state index < -0.39 is 11.4 Å². The molecule has 164 valence electrons. The second kappa shape index (κ2) is 10.1. The smallest absolute Gasteiger partial charge is 0.191 e. The van der Waals surface area contributed by atoms with E-state index in [1.54, 1.807) is 49.5 Å². The Morgan fingerprint density at radius 1 is 1.26 bits per heavy atom. The molecule has 0 bridgehead atoms. The summed E-state index contributed by atoms with van der Waals surface area (Å²) >= 11 is 0. The van der Waals surface area contributed by atoms with Gasteiger partial charge in [0, 0.05) is 12.7 Å². The molecule has 0 fully saturated rings. The molecule has 0 aliphatic rings. The molecule has 2 aromatic heterocycles. The van der Waals surface area contributed by atoms with Crippen LogP contribution < -0.4 is 15.4 Å². The molecule has 8 heteroatoms. The number of pyridine rings is 1. The van der Waals surface area contributed by atoms with Crippen molar-refractivity contribution >= 4 is 5.96 Å². The Bertz CT molecular complexity index is 1020. The summed E-state index contributed by atoms with van der Waals surface area (Å²) in [7, 11) is 0. The summed E-state index contributed by atoms with van der Waals surface area (Å²) in [6.07, 6.45) is 3.14. The standard InChI is InChI=1S/C23H27FN4O3/c1-4-26-22(28-15-23(3,29)21-10-7-16(2)30-21)27-13-17-8-9-20(19(24)12-17)31-18-6-5-11-25-14-18/h5-12,14,29H,4,13,15H2,1-3H3,(H2,26,27,28). The first-order valence-corrected chi connectivity index (χ1v) is 10.0. The van der Waals surface area contributed by atoms with E-state index in [-0.39, 0.29) is 18.8 Å². The molecule has 3 rings (SSSR count). The summed E-state index contributed by atoms with van der Waals surface area (Å²) < 4.78 is 25.5. The van der Waals surface area contributed by atoms with Gasteiger partial charge in [0.05, 0.1) is 19.3 Å². The maximum absolute atomic E-state index is 14.4. The fraction of sp³-hybridized carbons (Fsp3) is 0.304. The zero-order chi connectivity index (χ0) is 22.3. The number of aliphatic hydroxyl groups is 1. The number of hydrogen-bond acceptors (Lipinski definition) is 5. The Morgan fingerprint density at radius 2 is 2.10 bits per heavy atom. The third-order valence-electron chi connectivity index (χ3n) is 4.49. The van der Waals surface area contributed by atoms with Crippen molar-refractivity contribution in [2.45, 2.75) is 32.9 Å². The predicted molar refractivity (Wildman–Crippen MR) is 117 cm³/mol. The van der Waals surface area contributed by atoms with Gasteiger partial charge in [-0.2, -0.15) is 0 Å². The first kappa shape index (κ1) is 22.3. The summed E-state index contributed by atoms with van der Waals surface area (Å²) in [6, 6.07) is 11.7. The van der Waals surface area contributed by atoms with E-state index >= 15 is 0 Å². The van der Waals surface area contributed by atoms with Gasteiger partial charge in [-0.3, -0.25) is 4.98 Å². The first-order chi connectivity index (χ1) is 14.9. The van der Waals surface area contributed by atoms with Crippen LogP contribution in [-0.2, 0) is 12.1 Å². The highest BCUT2D eigenvalue weighted by Crippen LogP contribution is 2.25. The molecular formula is C23H27FN4O3. The molecular weight excluding hydrogens is 399 g/mol. The average Bonchev–Trinajstić information content (AvgIpc) is 3.20. The third kappa shape index (κ3) is 6.29. The summed E-state index contributed by atoms with van der Waals surface area (Å²) in [6.45, 7) is 6.51. The first-order valence-electron chi connectivity index (χ1n) is 10.0. The predicted octanol–water partition coefficient (Wildman–Crippen LogP) is 3.88. The molecule has 7 nitrogen and oxygen atoms in total. The van der Waals surface area contributed by atoms with Gasteiger partial charge in [-0.15, -0.1) is 0 Å². The van der Waals surface area contributed by atoms with Gasteiger partial charge in [0.2, 0.25) is 0 Å². The zero-order valence-corrected chi connectivity index (χ0v) is 17.9. The van der Waals surface area contributed by atoms with Crippen LogP contribution in [0.2, 0.25) is 0 Å². The van der Waals surface area contributed by atoms with Crippen LogP contribution in [0.4, 0.5) is 4.39 Å². The second-order valence-electron chi connectivity index (χ2n) is 7.29. The van der Waals surface area contributed by atoms with Crippen molar-refractivity contribution in [3.8, 4) is 11.5 Å². The SMILES string of the molecule is CCNC(=NCc1ccc(Oc2cccnc2)c(F)c1)NCC(C)(O)c1ccc(C)o1.